The van der Waals surface area contributed by atoms with Crippen molar-refractivity contribution in [1.29, 1.82) is 0 Å². The summed E-state index contributed by atoms with van der Waals surface area (Å²) in [6.07, 6.45) is 3.56. The van der Waals surface area contributed by atoms with Crippen molar-refractivity contribution in [3.8, 4) is 0 Å². The molecule has 1 aromatic heterocycles. The van der Waals surface area contributed by atoms with E-state index in [1.54, 1.807) is 6.20 Å². The molecule has 1 aliphatic heterocycles. The van der Waals surface area contributed by atoms with Gasteiger partial charge in [0.25, 0.3) is 5.56 Å². The third kappa shape index (κ3) is 3.31. The summed E-state index contributed by atoms with van der Waals surface area (Å²) < 4.78 is 6.94. The van der Waals surface area contributed by atoms with Crippen molar-refractivity contribution in [3.63, 3.8) is 0 Å². The number of aryl methyl sites for hydroxylation is 1. The average molecular weight is 301 g/mol. The molecule has 0 aliphatic carbocycles. The molecule has 0 amide bonds. The molecule has 7 heteroatoms. The van der Waals surface area contributed by atoms with Gasteiger partial charge in [0.15, 0.2) is 0 Å². The molecule has 20 heavy (non-hydrogen) atoms. The molecular weight excluding hydrogens is 280 g/mol. The largest absolute Gasteiger partial charge is 0.373 e. The average Bonchev–Trinajstić information content (AvgIpc) is 2.49. The molecule has 0 radical (unpaired) electrons. The first-order valence-electron chi connectivity index (χ1n) is 6.99. The molecule has 1 unspecified atom stereocenters. The van der Waals surface area contributed by atoms with Crippen LogP contribution >= 0.6 is 11.6 Å². The van der Waals surface area contributed by atoms with E-state index in [1.807, 2.05) is 4.90 Å². The summed E-state index contributed by atoms with van der Waals surface area (Å²) in [6, 6.07) is 0. The van der Waals surface area contributed by atoms with E-state index in [0.717, 1.165) is 12.8 Å². The molecule has 2 N–H and O–H groups in total. The Bertz CT molecular complexity index is 506. The predicted octanol–water partition coefficient (Wildman–Crippen LogP) is 0.861. The van der Waals surface area contributed by atoms with Crippen LogP contribution in [0.3, 0.4) is 0 Å². The molecule has 1 aliphatic rings. The highest BCUT2D eigenvalue weighted by Gasteiger charge is 2.22. The summed E-state index contributed by atoms with van der Waals surface area (Å²) in [5, 5.41) is 4.44. The molecular formula is C13H21ClN4O2. The summed E-state index contributed by atoms with van der Waals surface area (Å²) in [5.74, 6) is 0. The van der Waals surface area contributed by atoms with Crippen molar-refractivity contribution in [1.82, 2.24) is 9.78 Å². The van der Waals surface area contributed by atoms with E-state index < -0.39 is 0 Å². The number of anilines is 1. The Kier molecular flexibility index (Phi) is 5.39. The van der Waals surface area contributed by atoms with Crippen LogP contribution < -0.4 is 16.2 Å². The van der Waals surface area contributed by atoms with Crippen LogP contribution in [0.1, 0.15) is 19.8 Å². The van der Waals surface area contributed by atoms with E-state index in [9.17, 15) is 4.79 Å². The monoisotopic (exact) mass is 300 g/mol. The molecule has 1 saturated heterocycles. The molecule has 1 fully saturated rings. The summed E-state index contributed by atoms with van der Waals surface area (Å²) in [6.45, 7) is 5.03. The fourth-order valence-electron chi connectivity index (χ4n) is 2.22. The van der Waals surface area contributed by atoms with Gasteiger partial charge in [-0.1, -0.05) is 24.9 Å². The van der Waals surface area contributed by atoms with Gasteiger partial charge in [-0.15, -0.1) is 0 Å². The lowest BCUT2D eigenvalue weighted by Gasteiger charge is -2.34. The number of nitrogens with zero attached hydrogens (tertiary/aromatic N) is 3. The Morgan fingerprint density at radius 2 is 2.40 bits per heavy atom. The summed E-state index contributed by atoms with van der Waals surface area (Å²) in [4.78, 5) is 14.2. The van der Waals surface area contributed by atoms with E-state index in [4.69, 9.17) is 22.1 Å². The zero-order chi connectivity index (χ0) is 14.5. The Balaban J connectivity index is 2.20. The first-order valence-corrected chi connectivity index (χ1v) is 7.37. The topological polar surface area (TPSA) is 73.4 Å². The maximum absolute atomic E-state index is 12.2. The van der Waals surface area contributed by atoms with Crippen molar-refractivity contribution in [2.24, 2.45) is 5.73 Å². The van der Waals surface area contributed by atoms with Gasteiger partial charge >= 0.3 is 0 Å². The van der Waals surface area contributed by atoms with Crippen LogP contribution in [0.5, 0.6) is 0 Å². The summed E-state index contributed by atoms with van der Waals surface area (Å²) in [7, 11) is 0. The van der Waals surface area contributed by atoms with Crippen LogP contribution in [0, 0.1) is 0 Å². The number of aromatic nitrogens is 2. The van der Waals surface area contributed by atoms with E-state index in [1.165, 1.54) is 4.68 Å². The number of halogens is 1. The second-order valence-electron chi connectivity index (χ2n) is 4.90. The van der Waals surface area contributed by atoms with Gasteiger partial charge in [-0.05, 0) is 6.42 Å². The number of nitrogens with two attached hydrogens (primary N) is 1. The van der Waals surface area contributed by atoms with Gasteiger partial charge in [0, 0.05) is 26.2 Å². The van der Waals surface area contributed by atoms with E-state index in [-0.39, 0.29) is 16.7 Å². The van der Waals surface area contributed by atoms with E-state index >= 15 is 0 Å². The maximum Gasteiger partial charge on any atom is 0.287 e. The minimum atomic E-state index is -0.228. The van der Waals surface area contributed by atoms with E-state index in [0.29, 0.717) is 38.5 Å². The first-order chi connectivity index (χ1) is 9.67. The van der Waals surface area contributed by atoms with Crippen LogP contribution in [0.25, 0.3) is 0 Å². The normalized spacial score (nSPS) is 19.4. The Hall–Kier alpha value is -1.11. The molecule has 0 bridgehead atoms. The Morgan fingerprint density at radius 1 is 1.60 bits per heavy atom. The molecule has 6 nitrogen and oxygen atoms in total. The number of hydrogen-bond acceptors (Lipinski definition) is 5. The van der Waals surface area contributed by atoms with Gasteiger partial charge in [-0.3, -0.25) is 4.79 Å². The number of unbranched alkanes of at least 4 members (excludes halogenated alkanes) is 1. The third-order valence-electron chi connectivity index (χ3n) is 3.43. The lowest BCUT2D eigenvalue weighted by atomic mass is 10.2. The summed E-state index contributed by atoms with van der Waals surface area (Å²) in [5.41, 5.74) is 6.07. The first kappa shape index (κ1) is 15.3. The van der Waals surface area contributed by atoms with Gasteiger partial charge in [0.1, 0.15) is 5.02 Å². The van der Waals surface area contributed by atoms with Crippen molar-refractivity contribution in [3.05, 3.63) is 21.6 Å². The van der Waals surface area contributed by atoms with Crippen molar-refractivity contribution >= 4 is 17.3 Å². The molecule has 1 atom stereocenters. The number of ether oxygens (including phenoxy) is 1. The number of rotatable bonds is 5. The van der Waals surface area contributed by atoms with Crippen LogP contribution in [-0.4, -0.2) is 42.1 Å². The predicted molar refractivity (Wildman–Crippen MR) is 79.4 cm³/mol. The second-order valence-corrected chi connectivity index (χ2v) is 5.28. The lowest BCUT2D eigenvalue weighted by Crippen LogP contribution is -2.46. The zero-order valence-corrected chi connectivity index (χ0v) is 12.5. The lowest BCUT2D eigenvalue weighted by molar-refractivity contribution is 0.0465. The summed E-state index contributed by atoms with van der Waals surface area (Å²) >= 11 is 6.21. The molecule has 2 heterocycles. The quantitative estimate of drug-likeness (QED) is 0.873. The van der Waals surface area contributed by atoms with E-state index in [2.05, 4.69) is 12.0 Å². The number of morpholine rings is 1. The Morgan fingerprint density at radius 3 is 3.10 bits per heavy atom. The standard InChI is InChI=1S/C13H21ClN4O2/c1-2-3-4-18-13(19)12(14)11(8-16-18)17-5-6-20-10(7-15)9-17/h8,10H,2-7,9,15H2,1H3. The third-order valence-corrected chi connectivity index (χ3v) is 3.79. The van der Waals surface area contributed by atoms with Crippen molar-refractivity contribution < 1.29 is 4.74 Å². The van der Waals surface area contributed by atoms with Gasteiger partial charge in [-0.2, -0.15) is 5.10 Å². The molecule has 2 rings (SSSR count). The minimum absolute atomic E-state index is 0.0256. The molecule has 0 aromatic carbocycles. The second kappa shape index (κ2) is 7.06. The molecule has 0 spiro atoms. The van der Waals surface area contributed by atoms with Crippen molar-refractivity contribution in [2.75, 3.05) is 31.1 Å². The van der Waals surface area contributed by atoms with Gasteiger partial charge in [-0.25, -0.2) is 4.68 Å². The zero-order valence-electron chi connectivity index (χ0n) is 11.7. The molecule has 112 valence electrons. The smallest absolute Gasteiger partial charge is 0.287 e. The molecule has 1 aromatic rings. The number of hydrogen-bond donors (Lipinski definition) is 1. The van der Waals surface area contributed by atoms with Crippen LogP contribution in [-0.2, 0) is 11.3 Å². The maximum atomic E-state index is 12.2. The van der Waals surface area contributed by atoms with Gasteiger partial charge in [0.05, 0.1) is 24.6 Å². The highest BCUT2D eigenvalue weighted by atomic mass is 35.5. The minimum Gasteiger partial charge on any atom is -0.373 e. The SMILES string of the molecule is CCCCn1ncc(N2CCOC(CN)C2)c(Cl)c1=O. The van der Waals surface area contributed by atoms with Crippen LogP contribution in [0.15, 0.2) is 11.0 Å². The highest BCUT2D eigenvalue weighted by molar-refractivity contribution is 6.33. The van der Waals surface area contributed by atoms with Crippen molar-refractivity contribution in [2.45, 2.75) is 32.4 Å². The highest BCUT2D eigenvalue weighted by Crippen LogP contribution is 2.23. The fourth-order valence-corrected chi connectivity index (χ4v) is 2.49. The fraction of sp³-hybridized carbons (Fsp3) is 0.692. The Labute approximate surface area is 123 Å². The van der Waals surface area contributed by atoms with Gasteiger partial charge < -0.3 is 15.4 Å². The van der Waals surface area contributed by atoms with Gasteiger partial charge in [0.2, 0.25) is 0 Å². The molecule has 0 saturated carbocycles. The van der Waals surface area contributed by atoms with Crippen LogP contribution in [0.4, 0.5) is 5.69 Å². The van der Waals surface area contributed by atoms with Crippen LogP contribution in [0.2, 0.25) is 5.02 Å².